The molecule has 2 aromatic rings. The molecule has 1 saturated heterocycles. The second-order valence-electron chi connectivity index (χ2n) is 6.72. The number of carbonyl (C=O) groups excluding carboxylic acids is 1. The van der Waals surface area contributed by atoms with Crippen molar-refractivity contribution in [2.24, 2.45) is 0 Å². The van der Waals surface area contributed by atoms with Crippen molar-refractivity contribution in [3.05, 3.63) is 64.7 Å². The Kier molecular flexibility index (Phi) is 7.47. The smallest absolute Gasteiger partial charge is 0.257 e. The van der Waals surface area contributed by atoms with Gasteiger partial charge in [-0.15, -0.1) is 12.4 Å². The maximum atomic E-state index is 12.4. The Hall–Kier alpha value is -1.59. The number of piperazine rings is 1. The third kappa shape index (κ3) is 5.21. The van der Waals surface area contributed by atoms with Crippen LogP contribution in [0.2, 0.25) is 5.02 Å². The number of nitrogens with one attached hydrogen (secondary N) is 2. The van der Waals surface area contributed by atoms with Gasteiger partial charge in [-0.05, 0) is 43.7 Å². The zero-order valence-corrected chi connectivity index (χ0v) is 16.6. The third-order valence-electron chi connectivity index (χ3n) is 4.58. The fourth-order valence-electron chi connectivity index (χ4n) is 3.14. The van der Waals surface area contributed by atoms with Crippen LogP contribution in [0, 0.1) is 0 Å². The number of amides is 1. The molecule has 26 heavy (non-hydrogen) atoms. The minimum absolute atomic E-state index is 0. The van der Waals surface area contributed by atoms with Gasteiger partial charge >= 0.3 is 0 Å². The number of benzene rings is 2. The molecule has 1 fully saturated rings. The largest absolute Gasteiger partial charge is 0.322 e. The molecule has 2 unspecified atom stereocenters. The number of nitrogens with zero attached hydrogens (tertiary/aromatic N) is 1. The van der Waals surface area contributed by atoms with Crippen molar-refractivity contribution in [2.45, 2.75) is 32.5 Å². The maximum Gasteiger partial charge on any atom is 0.257 e. The van der Waals surface area contributed by atoms with E-state index in [2.05, 4.69) is 35.4 Å². The van der Waals surface area contributed by atoms with Crippen molar-refractivity contribution in [1.82, 2.24) is 10.2 Å². The van der Waals surface area contributed by atoms with Gasteiger partial charge in [-0.2, -0.15) is 0 Å². The van der Waals surface area contributed by atoms with Gasteiger partial charge in [0.25, 0.3) is 5.91 Å². The molecule has 1 aliphatic heterocycles. The Morgan fingerprint density at radius 2 is 2.00 bits per heavy atom. The predicted octanol–water partition coefficient (Wildman–Crippen LogP) is 4.20. The number of anilines is 1. The number of halogens is 2. The first-order valence-electron chi connectivity index (χ1n) is 8.65. The van der Waals surface area contributed by atoms with Gasteiger partial charge < -0.3 is 10.6 Å². The van der Waals surface area contributed by atoms with E-state index in [-0.39, 0.29) is 18.3 Å². The van der Waals surface area contributed by atoms with E-state index >= 15 is 0 Å². The zero-order valence-electron chi connectivity index (χ0n) is 15.0. The highest BCUT2D eigenvalue weighted by molar-refractivity contribution is 6.34. The van der Waals surface area contributed by atoms with E-state index in [1.54, 1.807) is 12.1 Å². The van der Waals surface area contributed by atoms with Crippen LogP contribution in [0.15, 0.2) is 48.5 Å². The molecule has 1 amide bonds. The van der Waals surface area contributed by atoms with Gasteiger partial charge in [-0.25, -0.2) is 0 Å². The summed E-state index contributed by atoms with van der Waals surface area (Å²) in [5.74, 6) is -0.188. The second kappa shape index (κ2) is 9.38. The number of rotatable bonds is 4. The number of hydrogen-bond donors (Lipinski definition) is 2. The first-order valence-corrected chi connectivity index (χ1v) is 9.03. The molecule has 1 heterocycles. The van der Waals surface area contributed by atoms with Gasteiger partial charge in [0, 0.05) is 37.4 Å². The van der Waals surface area contributed by atoms with Gasteiger partial charge in [0.2, 0.25) is 0 Å². The molecule has 0 saturated carbocycles. The van der Waals surface area contributed by atoms with Crippen molar-refractivity contribution < 1.29 is 4.79 Å². The lowest BCUT2D eigenvalue weighted by Crippen LogP contribution is -2.53. The van der Waals surface area contributed by atoms with Crippen LogP contribution in [0.5, 0.6) is 0 Å². The molecule has 0 radical (unpaired) electrons. The molecule has 6 heteroatoms. The summed E-state index contributed by atoms with van der Waals surface area (Å²) >= 11 is 6.10. The van der Waals surface area contributed by atoms with Crippen LogP contribution in [-0.4, -0.2) is 36.0 Å². The summed E-state index contributed by atoms with van der Waals surface area (Å²) in [4.78, 5) is 14.9. The lowest BCUT2D eigenvalue weighted by atomic mass is 10.1. The molecule has 0 aromatic heterocycles. The van der Waals surface area contributed by atoms with Crippen molar-refractivity contribution in [3.63, 3.8) is 0 Å². The fourth-order valence-corrected chi connectivity index (χ4v) is 3.36. The van der Waals surface area contributed by atoms with Crippen molar-refractivity contribution in [2.75, 3.05) is 18.4 Å². The van der Waals surface area contributed by atoms with Crippen LogP contribution in [-0.2, 0) is 6.54 Å². The van der Waals surface area contributed by atoms with Crippen LogP contribution in [0.25, 0.3) is 0 Å². The highest BCUT2D eigenvalue weighted by Crippen LogP contribution is 2.19. The monoisotopic (exact) mass is 393 g/mol. The average Bonchev–Trinajstić information content (AvgIpc) is 2.59. The van der Waals surface area contributed by atoms with Crippen LogP contribution < -0.4 is 10.6 Å². The van der Waals surface area contributed by atoms with Crippen molar-refractivity contribution in [3.8, 4) is 0 Å². The van der Waals surface area contributed by atoms with E-state index in [0.717, 1.165) is 25.3 Å². The van der Waals surface area contributed by atoms with Crippen LogP contribution in [0.4, 0.5) is 5.69 Å². The van der Waals surface area contributed by atoms with Gasteiger partial charge in [-0.1, -0.05) is 35.9 Å². The van der Waals surface area contributed by atoms with E-state index in [1.165, 1.54) is 5.56 Å². The molecule has 1 aliphatic rings. The van der Waals surface area contributed by atoms with E-state index in [0.29, 0.717) is 22.7 Å². The van der Waals surface area contributed by atoms with E-state index in [9.17, 15) is 4.79 Å². The van der Waals surface area contributed by atoms with E-state index in [4.69, 9.17) is 11.6 Å². The Morgan fingerprint density at radius 1 is 1.23 bits per heavy atom. The lowest BCUT2D eigenvalue weighted by molar-refractivity contribution is 0.102. The van der Waals surface area contributed by atoms with E-state index < -0.39 is 0 Å². The third-order valence-corrected chi connectivity index (χ3v) is 4.91. The molecular formula is C20H25Cl2N3O. The van der Waals surface area contributed by atoms with E-state index in [1.807, 2.05) is 30.3 Å². The molecule has 2 N–H and O–H groups in total. The van der Waals surface area contributed by atoms with Gasteiger partial charge in [0.05, 0.1) is 10.6 Å². The molecule has 3 rings (SSSR count). The normalized spacial score (nSPS) is 20.3. The average molecular weight is 394 g/mol. The molecule has 2 aromatic carbocycles. The molecule has 2 atom stereocenters. The first-order chi connectivity index (χ1) is 12.0. The standard InChI is InChI=1S/C20H24ClN3O.ClH/c1-14-12-24(15(2)11-22-14)13-16-6-5-7-17(10-16)23-20(25)18-8-3-4-9-19(18)21;/h3-10,14-15,22H,11-13H2,1-2H3,(H,23,25);1H. The van der Waals surface area contributed by atoms with Crippen molar-refractivity contribution in [1.29, 1.82) is 0 Å². The Bertz CT molecular complexity index is 753. The van der Waals surface area contributed by atoms with Crippen molar-refractivity contribution >= 4 is 35.6 Å². The first kappa shape index (κ1) is 20.7. The summed E-state index contributed by atoms with van der Waals surface area (Å²) in [5.41, 5.74) is 2.47. The Labute approximate surface area is 166 Å². The number of hydrogen-bond acceptors (Lipinski definition) is 3. The highest BCUT2D eigenvalue weighted by atomic mass is 35.5. The van der Waals surface area contributed by atoms with Gasteiger partial charge in [0.15, 0.2) is 0 Å². The van der Waals surface area contributed by atoms with Crippen LogP contribution in [0.3, 0.4) is 0 Å². The fraction of sp³-hybridized carbons (Fsp3) is 0.350. The lowest BCUT2D eigenvalue weighted by Gasteiger charge is -2.37. The molecule has 140 valence electrons. The van der Waals surface area contributed by atoms with Crippen LogP contribution in [0.1, 0.15) is 29.8 Å². The molecule has 4 nitrogen and oxygen atoms in total. The minimum atomic E-state index is -0.188. The summed E-state index contributed by atoms with van der Waals surface area (Å²) in [6, 6.07) is 16.1. The molecular weight excluding hydrogens is 369 g/mol. The Balaban J connectivity index is 0.00000243. The van der Waals surface area contributed by atoms with Crippen LogP contribution >= 0.6 is 24.0 Å². The van der Waals surface area contributed by atoms with Gasteiger partial charge in [0.1, 0.15) is 0 Å². The Morgan fingerprint density at radius 3 is 2.77 bits per heavy atom. The maximum absolute atomic E-state index is 12.4. The van der Waals surface area contributed by atoms with Gasteiger partial charge in [-0.3, -0.25) is 9.69 Å². The second-order valence-corrected chi connectivity index (χ2v) is 7.13. The highest BCUT2D eigenvalue weighted by Gasteiger charge is 2.22. The zero-order chi connectivity index (χ0) is 17.8. The minimum Gasteiger partial charge on any atom is -0.322 e. The SMILES string of the molecule is CC1CN(Cc2cccc(NC(=O)c3ccccc3Cl)c2)C(C)CN1.Cl. The summed E-state index contributed by atoms with van der Waals surface area (Å²) < 4.78 is 0. The molecule has 0 spiro atoms. The summed E-state index contributed by atoms with van der Waals surface area (Å²) in [5, 5.41) is 6.90. The number of carbonyl (C=O) groups is 1. The molecule has 0 aliphatic carbocycles. The predicted molar refractivity (Wildman–Crippen MR) is 110 cm³/mol. The summed E-state index contributed by atoms with van der Waals surface area (Å²) in [6.07, 6.45) is 0. The topological polar surface area (TPSA) is 44.4 Å². The summed E-state index contributed by atoms with van der Waals surface area (Å²) in [6.45, 7) is 7.35. The summed E-state index contributed by atoms with van der Waals surface area (Å²) in [7, 11) is 0. The molecule has 0 bridgehead atoms. The quantitative estimate of drug-likeness (QED) is 0.817.